The van der Waals surface area contributed by atoms with E-state index in [1.54, 1.807) is 42.6 Å². The molecule has 0 aliphatic rings. The van der Waals surface area contributed by atoms with Crippen molar-refractivity contribution in [2.45, 2.75) is 0 Å². The van der Waals surface area contributed by atoms with Crippen LogP contribution in [0.4, 0.5) is 0 Å². The second-order valence-corrected chi connectivity index (χ2v) is 4.88. The summed E-state index contributed by atoms with van der Waals surface area (Å²) in [6.07, 6.45) is 2.87. The van der Waals surface area contributed by atoms with Gasteiger partial charge in [-0.15, -0.1) is 0 Å². The normalized spacial score (nSPS) is 11.1. The summed E-state index contributed by atoms with van der Waals surface area (Å²) < 4.78 is 1.40. The second-order valence-electron chi connectivity index (χ2n) is 4.88. The zero-order valence-electron chi connectivity index (χ0n) is 11.4. The summed E-state index contributed by atoms with van der Waals surface area (Å²) in [7, 11) is 0. The lowest BCUT2D eigenvalue weighted by Gasteiger charge is -2.09. The van der Waals surface area contributed by atoms with Crippen molar-refractivity contribution in [2.75, 3.05) is 0 Å². The van der Waals surface area contributed by atoms with Gasteiger partial charge in [0.2, 0.25) is 17.4 Å². The van der Waals surface area contributed by atoms with Crippen LogP contribution < -0.4 is 9.46 Å². The van der Waals surface area contributed by atoms with Crippen LogP contribution in [0.3, 0.4) is 0 Å². The Bertz CT molecular complexity index is 1020. The molecule has 0 saturated heterocycles. The van der Waals surface area contributed by atoms with Crippen molar-refractivity contribution in [1.82, 2.24) is 9.97 Å². The van der Waals surface area contributed by atoms with Crippen LogP contribution in [0.5, 0.6) is 0 Å². The van der Waals surface area contributed by atoms with E-state index in [1.807, 2.05) is 12.1 Å². The van der Waals surface area contributed by atoms with Gasteiger partial charge in [-0.05, 0) is 23.2 Å². The lowest BCUT2D eigenvalue weighted by atomic mass is 10.2. The average Bonchev–Trinajstić information content (AvgIpc) is 2.55. The third-order valence-electron chi connectivity index (χ3n) is 3.50. The maximum atomic E-state index is 12.5. The van der Waals surface area contributed by atoms with E-state index in [0.29, 0.717) is 26.0 Å². The summed E-state index contributed by atoms with van der Waals surface area (Å²) in [4.78, 5) is 8.53. The third-order valence-corrected chi connectivity index (χ3v) is 3.50. The summed E-state index contributed by atoms with van der Waals surface area (Å²) in [6.45, 7) is 0. The first-order valence-corrected chi connectivity index (χ1v) is 6.71. The maximum absolute atomic E-state index is 12.5. The molecule has 0 spiro atoms. The third kappa shape index (κ3) is 1.81. The van der Waals surface area contributed by atoms with E-state index in [4.69, 9.17) is 0 Å². The van der Waals surface area contributed by atoms with E-state index in [9.17, 15) is 10.4 Å². The molecule has 0 unspecified atom stereocenters. The predicted octanol–water partition coefficient (Wildman–Crippen LogP) is 1.72. The molecule has 2 aromatic heterocycles. The standard InChI is InChI=1S/C16H10N4O2/c21-19-10-13(18-12-6-2-4-8-15(12)19)16-17-9-11-5-1-3-7-14(11)20(16)22/h1-10H. The minimum atomic E-state index is 0.106. The molecule has 0 saturated carbocycles. The van der Waals surface area contributed by atoms with E-state index < -0.39 is 0 Å². The van der Waals surface area contributed by atoms with Crippen LogP contribution in [0.1, 0.15) is 0 Å². The van der Waals surface area contributed by atoms with Gasteiger partial charge in [-0.2, -0.15) is 4.73 Å². The Morgan fingerprint density at radius 1 is 0.864 bits per heavy atom. The topological polar surface area (TPSA) is 79.7 Å². The number of nitrogens with zero attached hydrogens (tertiary/aromatic N) is 4. The summed E-state index contributed by atoms with van der Waals surface area (Å²) >= 11 is 0. The van der Waals surface area contributed by atoms with Crippen molar-refractivity contribution in [3.8, 4) is 11.5 Å². The molecular formula is C16H10N4O2. The highest BCUT2D eigenvalue weighted by atomic mass is 16.5. The Hall–Kier alpha value is -3.28. The van der Waals surface area contributed by atoms with Gasteiger partial charge in [0, 0.05) is 6.07 Å². The van der Waals surface area contributed by atoms with Crippen LogP contribution >= 0.6 is 0 Å². The highest BCUT2D eigenvalue weighted by Gasteiger charge is 2.20. The minimum Gasteiger partial charge on any atom is -0.710 e. The van der Waals surface area contributed by atoms with Crippen LogP contribution in [-0.2, 0) is 0 Å². The van der Waals surface area contributed by atoms with Gasteiger partial charge in [0.25, 0.3) is 0 Å². The SMILES string of the molecule is [O-][n+]1cc(-c2ncc3ccccc3[n+]2[O-])nc2ccccc21. The van der Waals surface area contributed by atoms with Crippen LogP contribution in [0.15, 0.2) is 60.9 Å². The highest BCUT2D eigenvalue weighted by Crippen LogP contribution is 2.16. The van der Waals surface area contributed by atoms with Crippen LogP contribution in [0, 0.1) is 10.4 Å². The number of hydrogen-bond donors (Lipinski definition) is 0. The Labute approximate surface area is 125 Å². The summed E-state index contributed by atoms with van der Waals surface area (Å²) in [5, 5.41) is 25.3. The summed E-state index contributed by atoms with van der Waals surface area (Å²) in [6, 6.07) is 14.1. The highest BCUT2D eigenvalue weighted by molar-refractivity contribution is 5.76. The fourth-order valence-electron chi connectivity index (χ4n) is 2.44. The minimum absolute atomic E-state index is 0.106. The molecule has 0 amide bonds. The zero-order valence-corrected chi connectivity index (χ0v) is 11.4. The van der Waals surface area contributed by atoms with E-state index in [1.165, 1.54) is 6.20 Å². The van der Waals surface area contributed by atoms with Gasteiger partial charge >= 0.3 is 5.82 Å². The Balaban J connectivity index is 2.01. The molecule has 4 rings (SSSR count). The van der Waals surface area contributed by atoms with Gasteiger partial charge in [-0.1, -0.05) is 24.3 Å². The van der Waals surface area contributed by atoms with Crippen molar-refractivity contribution in [3.63, 3.8) is 0 Å². The van der Waals surface area contributed by atoms with Crippen LogP contribution in [-0.4, -0.2) is 9.97 Å². The summed E-state index contributed by atoms with van der Waals surface area (Å²) in [5.41, 5.74) is 1.70. The fourth-order valence-corrected chi connectivity index (χ4v) is 2.44. The molecule has 106 valence electrons. The molecule has 0 atom stereocenters. The molecule has 6 heteroatoms. The zero-order chi connectivity index (χ0) is 15.1. The number of para-hydroxylation sites is 3. The number of benzene rings is 2. The molecular weight excluding hydrogens is 280 g/mol. The van der Waals surface area contributed by atoms with E-state index in [-0.39, 0.29) is 11.5 Å². The fraction of sp³-hybridized carbons (Fsp3) is 0. The first-order valence-electron chi connectivity index (χ1n) is 6.71. The van der Waals surface area contributed by atoms with Crippen LogP contribution in [0.2, 0.25) is 0 Å². The monoisotopic (exact) mass is 290 g/mol. The predicted molar refractivity (Wildman–Crippen MR) is 80.4 cm³/mol. The van der Waals surface area contributed by atoms with E-state index >= 15 is 0 Å². The Morgan fingerprint density at radius 3 is 2.45 bits per heavy atom. The Kier molecular flexibility index (Phi) is 2.62. The van der Waals surface area contributed by atoms with Gasteiger partial charge in [0.1, 0.15) is 11.0 Å². The second kappa shape index (κ2) is 4.63. The number of fused-ring (bicyclic) bond motifs is 2. The van der Waals surface area contributed by atoms with Crippen LogP contribution in [0.25, 0.3) is 33.5 Å². The largest absolute Gasteiger partial charge is 0.710 e. The molecule has 0 radical (unpaired) electrons. The van der Waals surface area contributed by atoms with Crippen molar-refractivity contribution >= 4 is 21.9 Å². The number of hydrogen-bond acceptors (Lipinski definition) is 4. The van der Waals surface area contributed by atoms with Gasteiger partial charge in [0.05, 0.1) is 5.39 Å². The smallest absolute Gasteiger partial charge is 0.358 e. The molecule has 2 heterocycles. The molecule has 0 aliphatic heterocycles. The molecule has 22 heavy (non-hydrogen) atoms. The van der Waals surface area contributed by atoms with Crippen molar-refractivity contribution < 1.29 is 9.46 Å². The lowest BCUT2D eigenvalue weighted by Crippen LogP contribution is -2.34. The Morgan fingerprint density at radius 2 is 1.59 bits per heavy atom. The maximum Gasteiger partial charge on any atom is 0.358 e. The molecule has 4 aromatic rings. The van der Waals surface area contributed by atoms with Gasteiger partial charge in [-0.3, -0.25) is 0 Å². The van der Waals surface area contributed by atoms with Gasteiger partial charge in [0.15, 0.2) is 6.20 Å². The van der Waals surface area contributed by atoms with Gasteiger partial charge in [-0.25, -0.2) is 9.71 Å². The molecule has 0 fully saturated rings. The molecule has 2 aromatic carbocycles. The first kappa shape index (κ1) is 12.5. The van der Waals surface area contributed by atoms with Crippen molar-refractivity contribution in [1.29, 1.82) is 0 Å². The number of aromatic nitrogens is 4. The lowest BCUT2D eigenvalue weighted by molar-refractivity contribution is -0.581. The van der Waals surface area contributed by atoms with Gasteiger partial charge < -0.3 is 10.4 Å². The summed E-state index contributed by atoms with van der Waals surface area (Å²) in [5.74, 6) is 0.106. The first-order chi connectivity index (χ1) is 10.7. The quantitative estimate of drug-likeness (QED) is 0.395. The molecule has 0 bridgehead atoms. The van der Waals surface area contributed by atoms with Crippen molar-refractivity contribution in [2.24, 2.45) is 0 Å². The number of rotatable bonds is 1. The average molecular weight is 290 g/mol. The van der Waals surface area contributed by atoms with E-state index in [2.05, 4.69) is 9.97 Å². The molecule has 0 N–H and O–H groups in total. The van der Waals surface area contributed by atoms with E-state index in [0.717, 1.165) is 5.39 Å². The molecule has 0 aliphatic carbocycles. The van der Waals surface area contributed by atoms with Crippen molar-refractivity contribution in [3.05, 3.63) is 71.3 Å². The molecule has 6 nitrogen and oxygen atoms in total.